The molecule has 23 heavy (non-hydrogen) atoms. The van der Waals surface area contributed by atoms with Gasteiger partial charge in [-0.1, -0.05) is 0 Å². The number of nitrogens with one attached hydrogen (secondary N) is 1. The third-order valence-corrected chi connectivity index (χ3v) is 4.15. The van der Waals surface area contributed by atoms with Gasteiger partial charge < -0.3 is 20.5 Å². The summed E-state index contributed by atoms with van der Waals surface area (Å²) >= 11 is 0. The second-order valence-corrected chi connectivity index (χ2v) is 5.86. The monoisotopic (exact) mass is 319 g/mol. The molecule has 0 atom stereocenters. The second kappa shape index (κ2) is 6.87. The van der Waals surface area contributed by atoms with Crippen molar-refractivity contribution in [2.24, 2.45) is 11.7 Å². The number of piperidine rings is 1. The minimum Gasteiger partial charge on any atom is -0.486 e. The number of amides is 2. The lowest BCUT2D eigenvalue weighted by Crippen LogP contribution is -2.42. The Morgan fingerprint density at radius 2 is 1.87 bits per heavy atom. The summed E-state index contributed by atoms with van der Waals surface area (Å²) in [5.74, 6) is 0.983. The van der Waals surface area contributed by atoms with Gasteiger partial charge in [-0.2, -0.15) is 0 Å². The average molecular weight is 319 g/mol. The van der Waals surface area contributed by atoms with Crippen LogP contribution in [0.5, 0.6) is 11.5 Å². The number of carbonyl (C=O) groups is 2. The molecule has 3 N–H and O–H groups in total. The molecule has 1 aromatic rings. The van der Waals surface area contributed by atoms with Crippen LogP contribution in [-0.2, 0) is 9.59 Å². The number of likely N-dealkylation sites (tertiary alicyclic amines) is 1. The molecule has 2 aliphatic heterocycles. The van der Waals surface area contributed by atoms with Crippen molar-refractivity contribution in [3.8, 4) is 11.5 Å². The van der Waals surface area contributed by atoms with Crippen molar-refractivity contribution in [2.75, 3.05) is 38.2 Å². The molecule has 0 radical (unpaired) electrons. The third-order valence-electron chi connectivity index (χ3n) is 4.15. The van der Waals surface area contributed by atoms with Crippen molar-refractivity contribution in [1.82, 2.24) is 4.90 Å². The van der Waals surface area contributed by atoms with Crippen LogP contribution in [0.2, 0.25) is 0 Å². The summed E-state index contributed by atoms with van der Waals surface area (Å²) in [4.78, 5) is 25.3. The Morgan fingerprint density at radius 1 is 1.17 bits per heavy atom. The number of nitrogens with zero attached hydrogens (tertiary/aromatic N) is 1. The molecule has 0 aromatic heterocycles. The Hall–Kier alpha value is -2.28. The van der Waals surface area contributed by atoms with Crippen LogP contribution < -0.4 is 20.5 Å². The van der Waals surface area contributed by atoms with Gasteiger partial charge in [0.15, 0.2) is 11.5 Å². The van der Waals surface area contributed by atoms with Gasteiger partial charge in [0.05, 0.1) is 6.54 Å². The average Bonchev–Trinajstić information content (AvgIpc) is 2.55. The van der Waals surface area contributed by atoms with Gasteiger partial charge >= 0.3 is 0 Å². The molecule has 0 spiro atoms. The minimum atomic E-state index is -0.329. The molecule has 0 unspecified atom stereocenters. The normalized spacial score (nSPS) is 18.4. The van der Waals surface area contributed by atoms with E-state index in [1.807, 2.05) is 11.0 Å². The number of carbonyl (C=O) groups excluding carboxylic acids is 2. The Morgan fingerprint density at radius 3 is 2.57 bits per heavy atom. The highest BCUT2D eigenvalue weighted by atomic mass is 16.6. The van der Waals surface area contributed by atoms with Crippen LogP contribution in [0.3, 0.4) is 0 Å². The number of primary amides is 1. The molecule has 7 nitrogen and oxygen atoms in total. The zero-order chi connectivity index (χ0) is 16.2. The van der Waals surface area contributed by atoms with Crippen molar-refractivity contribution in [3.05, 3.63) is 18.2 Å². The van der Waals surface area contributed by atoms with E-state index in [9.17, 15) is 9.59 Å². The molecule has 2 heterocycles. The Kier molecular flexibility index (Phi) is 4.66. The molecule has 2 amide bonds. The fourth-order valence-electron chi connectivity index (χ4n) is 2.94. The first-order valence-corrected chi connectivity index (χ1v) is 7.83. The first kappa shape index (κ1) is 15.6. The van der Waals surface area contributed by atoms with E-state index in [1.165, 1.54) is 0 Å². The van der Waals surface area contributed by atoms with Crippen LogP contribution in [0.4, 0.5) is 5.69 Å². The molecule has 1 saturated heterocycles. The van der Waals surface area contributed by atoms with E-state index in [1.54, 1.807) is 12.1 Å². The van der Waals surface area contributed by atoms with Gasteiger partial charge in [-0.25, -0.2) is 0 Å². The summed E-state index contributed by atoms with van der Waals surface area (Å²) in [5, 5.41) is 2.93. The van der Waals surface area contributed by atoms with Gasteiger partial charge in [-0.15, -0.1) is 0 Å². The fourth-order valence-corrected chi connectivity index (χ4v) is 2.94. The summed E-state index contributed by atoms with van der Waals surface area (Å²) in [6.07, 6.45) is 1.45. The predicted octanol–water partition coefficient (Wildman–Crippen LogP) is 0.594. The first-order chi connectivity index (χ1) is 11.1. The maximum atomic E-state index is 12.4. The molecule has 0 bridgehead atoms. The lowest BCUT2D eigenvalue weighted by Gasteiger charge is -2.30. The van der Waals surface area contributed by atoms with E-state index in [0.29, 0.717) is 43.5 Å². The molecular formula is C16H21N3O4. The van der Waals surface area contributed by atoms with Crippen molar-refractivity contribution >= 4 is 17.5 Å². The Labute approximate surface area is 134 Å². The van der Waals surface area contributed by atoms with Crippen LogP contribution in [0.25, 0.3) is 0 Å². The standard InChI is InChI=1S/C16H21N3O4/c17-15(20)10-19-5-3-11(4-6-19)16(21)18-12-1-2-13-14(9-12)23-8-7-22-13/h1-2,9,11H,3-8,10H2,(H2,17,20)(H,18,21). The predicted molar refractivity (Wildman–Crippen MR) is 84.4 cm³/mol. The van der Waals surface area contributed by atoms with Gasteiger partial charge in [0.1, 0.15) is 13.2 Å². The van der Waals surface area contributed by atoms with Gasteiger partial charge in [0.2, 0.25) is 11.8 Å². The number of nitrogens with two attached hydrogens (primary N) is 1. The number of hydrogen-bond donors (Lipinski definition) is 2. The highest BCUT2D eigenvalue weighted by molar-refractivity contribution is 5.93. The number of anilines is 1. The van der Waals surface area contributed by atoms with E-state index < -0.39 is 0 Å². The highest BCUT2D eigenvalue weighted by Gasteiger charge is 2.25. The maximum absolute atomic E-state index is 12.4. The zero-order valence-electron chi connectivity index (χ0n) is 12.9. The molecule has 1 fully saturated rings. The number of hydrogen-bond acceptors (Lipinski definition) is 5. The lowest BCUT2D eigenvalue weighted by atomic mass is 9.96. The number of ether oxygens (including phenoxy) is 2. The van der Waals surface area contributed by atoms with Gasteiger partial charge in [-0.05, 0) is 38.1 Å². The van der Waals surface area contributed by atoms with E-state index in [0.717, 1.165) is 12.8 Å². The topological polar surface area (TPSA) is 93.9 Å². The van der Waals surface area contributed by atoms with Crippen LogP contribution in [-0.4, -0.2) is 49.6 Å². The minimum absolute atomic E-state index is 0.000373. The van der Waals surface area contributed by atoms with Crippen LogP contribution in [0.1, 0.15) is 12.8 Å². The Balaban J connectivity index is 1.54. The van der Waals surface area contributed by atoms with Crippen molar-refractivity contribution in [2.45, 2.75) is 12.8 Å². The largest absolute Gasteiger partial charge is 0.486 e. The molecule has 7 heteroatoms. The van der Waals surface area contributed by atoms with Gasteiger partial charge in [0.25, 0.3) is 0 Å². The molecule has 0 aliphatic carbocycles. The lowest BCUT2D eigenvalue weighted by molar-refractivity contribution is -0.122. The third kappa shape index (κ3) is 3.92. The van der Waals surface area contributed by atoms with Crippen LogP contribution in [0, 0.1) is 5.92 Å². The second-order valence-electron chi connectivity index (χ2n) is 5.86. The summed E-state index contributed by atoms with van der Waals surface area (Å²) in [6.45, 7) is 2.74. The highest BCUT2D eigenvalue weighted by Crippen LogP contribution is 2.33. The van der Waals surface area contributed by atoms with Gasteiger partial charge in [-0.3, -0.25) is 14.5 Å². The smallest absolute Gasteiger partial charge is 0.231 e. The molecule has 0 saturated carbocycles. The van der Waals surface area contributed by atoms with Gasteiger partial charge in [0, 0.05) is 17.7 Å². The summed E-state index contributed by atoms with van der Waals surface area (Å²) < 4.78 is 11.0. The van der Waals surface area contributed by atoms with E-state index in [-0.39, 0.29) is 24.3 Å². The van der Waals surface area contributed by atoms with E-state index in [4.69, 9.17) is 15.2 Å². The van der Waals surface area contributed by atoms with E-state index in [2.05, 4.69) is 5.32 Å². The summed E-state index contributed by atoms with van der Waals surface area (Å²) in [5.41, 5.74) is 5.90. The molecule has 1 aromatic carbocycles. The zero-order valence-corrected chi connectivity index (χ0v) is 12.9. The van der Waals surface area contributed by atoms with Crippen molar-refractivity contribution < 1.29 is 19.1 Å². The summed E-state index contributed by atoms with van der Waals surface area (Å²) in [6, 6.07) is 5.40. The molecule has 3 rings (SSSR count). The fraction of sp³-hybridized carbons (Fsp3) is 0.500. The van der Waals surface area contributed by atoms with E-state index >= 15 is 0 Å². The number of rotatable bonds is 4. The quantitative estimate of drug-likeness (QED) is 0.847. The Bertz CT molecular complexity index is 597. The van der Waals surface area contributed by atoms with Crippen LogP contribution >= 0.6 is 0 Å². The summed E-state index contributed by atoms with van der Waals surface area (Å²) in [7, 11) is 0. The number of fused-ring (bicyclic) bond motifs is 1. The molecule has 124 valence electrons. The first-order valence-electron chi connectivity index (χ1n) is 7.83. The molecular weight excluding hydrogens is 298 g/mol. The van der Waals surface area contributed by atoms with Crippen molar-refractivity contribution in [3.63, 3.8) is 0 Å². The van der Waals surface area contributed by atoms with Crippen molar-refractivity contribution in [1.29, 1.82) is 0 Å². The SMILES string of the molecule is NC(=O)CN1CCC(C(=O)Nc2ccc3c(c2)OCCO3)CC1. The van der Waals surface area contributed by atoms with Crippen LogP contribution in [0.15, 0.2) is 18.2 Å². The maximum Gasteiger partial charge on any atom is 0.231 e. The number of benzene rings is 1. The molecule has 2 aliphatic rings.